The van der Waals surface area contributed by atoms with Crippen molar-refractivity contribution in [2.24, 2.45) is 0 Å². The minimum absolute atomic E-state index is 0.0175. The minimum Gasteiger partial charge on any atom is -0.469 e. The molecule has 5 rings (SSSR count). The molecule has 232 valence electrons. The lowest BCUT2D eigenvalue weighted by molar-refractivity contribution is 0.0924. The SMILES string of the molecule is C/C=C\C=C/C.CC(C)(C)c1ccc(Nc2ccc(C#N)cn2)cc1.O=C(NCC(c1ccco1)c1cccs1)c1ccco1. The molecule has 0 saturated heterocycles. The summed E-state index contributed by atoms with van der Waals surface area (Å²) in [5.74, 6) is 1.69. The number of amides is 1. The normalized spacial score (nSPS) is 11.6. The summed E-state index contributed by atoms with van der Waals surface area (Å²) in [5.41, 5.74) is 3.01. The van der Waals surface area contributed by atoms with Gasteiger partial charge in [0.2, 0.25) is 0 Å². The molecule has 5 aromatic rings. The third-order valence-corrected chi connectivity index (χ3v) is 7.38. The van der Waals surface area contributed by atoms with Crippen LogP contribution in [0.3, 0.4) is 0 Å². The second-order valence-corrected chi connectivity index (χ2v) is 11.8. The van der Waals surface area contributed by atoms with Crippen LogP contribution in [0.4, 0.5) is 11.5 Å². The average molecular weight is 621 g/mol. The van der Waals surface area contributed by atoms with Crippen LogP contribution in [-0.4, -0.2) is 17.4 Å². The molecule has 2 N–H and O–H groups in total. The Morgan fingerprint density at radius 1 is 0.956 bits per heavy atom. The van der Waals surface area contributed by atoms with Gasteiger partial charge in [0.1, 0.15) is 17.6 Å². The first-order chi connectivity index (χ1) is 21.7. The molecule has 4 aromatic heterocycles. The van der Waals surface area contributed by atoms with Crippen LogP contribution in [0.2, 0.25) is 0 Å². The Hall–Kier alpha value is -5.13. The Morgan fingerprint density at radius 3 is 2.18 bits per heavy atom. The number of nitriles is 1. The molecule has 0 aliphatic carbocycles. The summed E-state index contributed by atoms with van der Waals surface area (Å²) in [5, 5.41) is 16.8. The van der Waals surface area contributed by atoms with Crippen molar-refractivity contribution in [3.8, 4) is 6.07 Å². The van der Waals surface area contributed by atoms with E-state index in [-0.39, 0.29) is 17.2 Å². The van der Waals surface area contributed by atoms with Crippen molar-refractivity contribution in [3.63, 3.8) is 0 Å². The van der Waals surface area contributed by atoms with E-state index in [2.05, 4.69) is 54.6 Å². The lowest BCUT2D eigenvalue weighted by Gasteiger charge is -2.19. The zero-order valence-electron chi connectivity index (χ0n) is 26.4. The molecule has 4 heterocycles. The number of furan rings is 2. The van der Waals surface area contributed by atoms with Crippen molar-refractivity contribution in [1.82, 2.24) is 10.3 Å². The van der Waals surface area contributed by atoms with E-state index in [1.54, 1.807) is 48.1 Å². The number of nitrogens with one attached hydrogen (secondary N) is 2. The highest BCUT2D eigenvalue weighted by molar-refractivity contribution is 7.10. The summed E-state index contributed by atoms with van der Waals surface area (Å²) in [7, 11) is 0. The molecule has 45 heavy (non-hydrogen) atoms. The summed E-state index contributed by atoms with van der Waals surface area (Å²) < 4.78 is 10.6. The first-order valence-corrected chi connectivity index (χ1v) is 15.5. The lowest BCUT2D eigenvalue weighted by atomic mass is 9.87. The Kier molecular flexibility index (Phi) is 13.6. The van der Waals surface area contributed by atoms with Gasteiger partial charge in [-0.3, -0.25) is 4.79 Å². The highest BCUT2D eigenvalue weighted by Gasteiger charge is 2.20. The van der Waals surface area contributed by atoms with Crippen molar-refractivity contribution in [3.05, 3.63) is 149 Å². The Morgan fingerprint density at radius 2 is 1.67 bits per heavy atom. The molecule has 0 bridgehead atoms. The molecule has 1 aromatic carbocycles. The standard InChI is InChI=1S/C16H17N3.C15H13NO3S.C6H10/c1-16(2,3)13-5-7-14(8-6-13)19-15-9-4-12(10-17)11-18-15;17-15(13-5-2-8-19-13)16-10-11(12-4-1-7-18-12)14-6-3-9-20-14;1-3-5-6-4-2/h4-9,11H,1-3H3,(H,18,19);1-9,11H,10H2,(H,16,17);3-6H,1-2H3/b;;5-3-,6-4-. The maximum atomic E-state index is 11.9. The Bertz CT molecular complexity index is 1580. The van der Waals surface area contributed by atoms with Crippen molar-refractivity contribution in [2.75, 3.05) is 11.9 Å². The summed E-state index contributed by atoms with van der Waals surface area (Å²) in [6.45, 7) is 11.0. The van der Waals surface area contributed by atoms with Gasteiger partial charge in [-0.05, 0) is 84.8 Å². The summed E-state index contributed by atoms with van der Waals surface area (Å²) in [6.07, 6.45) is 12.7. The molecule has 1 unspecified atom stereocenters. The Labute approximate surface area is 270 Å². The molecular weight excluding hydrogens is 580 g/mol. The van der Waals surface area contributed by atoms with Crippen LogP contribution in [0.15, 0.2) is 130 Å². The van der Waals surface area contributed by atoms with Crippen molar-refractivity contribution >= 4 is 28.7 Å². The van der Waals surface area contributed by atoms with Gasteiger partial charge in [-0.2, -0.15) is 5.26 Å². The number of rotatable bonds is 8. The maximum absolute atomic E-state index is 11.9. The van der Waals surface area contributed by atoms with E-state index < -0.39 is 0 Å². The van der Waals surface area contributed by atoms with Crippen LogP contribution in [0.5, 0.6) is 0 Å². The number of pyridine rings is 1. The largest absolute Gasteiger partial charge is 0.469 e. The van der Waals surface area contributed by atoms with Crippen LogP contribution in [0.1, 0.15) is 72.9 Å². The van der Waals surface area contributed by atoms with E-state index in [1.165, 1.54) is 11.8 Å². The van der Waals surface area contributed by atoms with Gasteiger partial charge in [0.05, 0.1) is 24.0 Å². The second-order valence-electron chi connectivity index (χ2n) is 10.8. The number of thiophene rings is 1. The molecule has 7 nitrogen and oxygen atoms in total. The maximum Gasteiger partial charge on any atom is 0.287 e. The molecule has 0 fully saturated rings. The number of allylic oxidation sites excluding steroid dienone is 4. The predicted molar refractivity (Wildman–Crippen MR) is 183 cm³/mol. The minimum atomic E-state index is -0.219. The van der Waals surface area contributed by atoms with Crippen molar-refractivity contribution in [1.29, 1.82) is 5.26 Å². The van der Waals surface area contributed by atoms with E-state index in [1.807, 2.05) is 79.9 Å². The van der Waals surface area contributed by atoms with E-state index in [4.69, 9.17) is 14.1 Å². The van der Waals surface area contributed by atoms with Gasteiger partial charge in [-0.15, -0.1) is 11.3 Å². The van der Waals surface area contributed by atoms with Crippen LogP contribution < -0.4 is 10.6 Å². The van der Waals surface area contributed by atoms with Gasteiger partial charge in [-0.1, -0.05) is 63.3 Å². The molecule has 0 aliphatic rings. The quantitative estimate of drug-likeness (QED) is 0.167. The summed E-state index contributed by atoms with van der Waals surface area (Å²) >= 11 is 1.64. The van der Waals surface area contributed by atoms with Gasteiger partial charge in [-0.25, -0.2) is 4.98 Å². The average Bonchev–Trinajstić information content (AvgIpc) is 3.86. The third kappa shape index (κ3) is 11.5. The van der Waals surface area contributed by atoms with Gasteiger partial charge >= 0.3 is 0 Å². The van der Waals surface area contributed by atoms with Crippen LogP contribution >= 0.6 is 11.3 Å². The topological polar surface area (TPSA) is 104 Å². The molecule has 1 atom stereocenters. The fourth-order valence-corrected chi connectivity index (χ4v) is 4.80. The number of carbonyl (C=O) groups is 1. The number of aromatic nitrogens is 1. The predicted octanol–water partition coefficient (Wildman–Crippen LogP) is 9.63. The summed E-state index contributed by atoms with van der Waals surface area (Å²) in [6, 6.07) is 25.1. The highest BCUT2D eigenvalue weighted by atomic mass is 32.1. The molecular formula is C37H40N4O3S. The van der Waals surface area contributed by atoms with Crippen LogP contribution in [-0.2, 0) is 5.41 Å². The van der Waals surface area contributed by atoms with E-state index >= 15 is 0 Å². The van der Waals surface area contributed by atoms with Gasteiger partial charge in [0.25, 0.3) is 5.91 Å². The zero-order chi connectivity index (χ0) is 32.5. The molecule has 0 radical (unpaired) electrons. The number of nitrogens with zero attached hydrogens (tertiary/aromatic N) is 2. The van der Waals surface area contributed by atoms with E-state index in [0.717, 1.165) is 22.1 Å². The van der Waals surface area contributed by atoms with Gasteiger partial charge in [0, 0.05) is 23.3 Å². The first-order valence-electron chi connectivity index (χ1n) is 14.6. The third-order valence-electron chi connectivity index (χ3n) is 6.40. The summed E-state index contributed by atoms with van der Waals surface area (Å²) in [4.78, 5) is 17.3. The van der Waals surface area contributed by atoms with Crippen LogP contribution in [0, 0.1) is 11.3 Å². The first kappa shape index (κ1) is 34.4. The lowest BCUT2D eigenvalue weighted by Crippen LogP contribution is -2.28. The fraction of sp³-hybridized carbons (Fsp3) is 0.216. The fourth-order valence-electron chi connectivity index (χ4n) is 3.97. The molecule has 0 spiro atoms. The smallest absolute Gasteiger partial charge is 0.287 e. The molecule has 1 amide bonds. The van der Waals surface area contributed by atoms with Gasteiger partial charge in [0.15, 0.2) is 5.76 Å². The van der Waals surface area contributed by atoms with E-state index in [9.17, 15) is 4.79 Å². The molecule has 0 aliphatic heterocycles. The van der Waals surface area contributed by atoms with E-state index in [0.29, 0.717) is 17.9 Å². The van der Waals surface area contributed by atoms with Crippen molar-refractivity contribution in [2.45, 2.75) is 46.0 Å². The van der Waals surface area contributed by atoms with Gasteiger partial charge < -0.3 is 19.5 Å². The van der Waals surface area contributed by atoms with Crippen LogP contribution in [0.25, 0.3) is 0 Å². The molecule has 0 saturated carbocycles. The number of hydrogen-bond donors (Lipinski definition) is 2. The molecule has 8 heteroatoms. The number of hydrogen-bond acceptors (Lipinski definition) is 7. The number of anilines is 2. The number of carbonyl (C=O) groups excluding carboxylic acids is 1. The number of benzene rings is 1. The zero-order valence-corrected chi connectivity index (χ0v) is 27.2. The highest BCUT2D eigenvalue weighted by Crippen LogP contribution is 2.28. The second kappa shape index (κ2) is 17.9. The monoisotopic (exact) mass is 620 g/mol. The van der Waals surface area contributed by atoms with Crippen molar-refractivity contribution < 1.29 is 13.6 Å². The Balaban J connectivity index is 0.000000209.